The van der Waals surface area contributed by atoms with Crippen LogP contribution in [0, 0.1) is 0 Å². The van der Waals surface area contributed by atoms with E-state index in [-0.39, 0.29) is 12.2 Å². The van der Waals surface area contributed by atoms with E-state index in [0.29, 0.717) is 6.54 Å². The molecule has 0 aliphatic heterocycles. The molecule has 0 bridgehead atoms. The molecule has 0 atom stereocenters. The van der Waals surface area contributed by atoms with Crippen molar-refractivity contribution in [2.24, 2.45) is 0 Å². The lowest BCUT2D eigenvalue weighted by Gasteiger charge is -2.04. The summed E-state index contributed by atoms with van der Waals surface area (Å²) in [6.07, 6.45) is 5.89. The van der Waals surface area contributed by atoms with Gasteiger partial charge in [-0.1, -0.05) is 62.9 Å². The van der Waals surface area contributed by atoms with Gasteiger partial charge in [-0.05, 0) is 12.0 Å². The Balaban J connectivity index is 2.17. The minimum atomic E-state index is -0.459. The summed E-state index contributed by atoms with van der Waals surface area (Å²) in [5.41, 5.74) is 0.880. The summed E-state index contributed by atoms with van der Waals surface area (Å²) in [4.78, 5) is 23.2. The summed E-state index contributed by atoms with van der Waals surface area (Å²) in [5.74, 6) is -0.820. The minimum absolute atomic E-state index is 0.183. The second-order valence-electron chi connectivity index (χ2n) is 4.76. The van der Waals surface area contributed by atoms with Crippen LogP contribution in [0.5, 0.6) is 0 Å². The van der Waals surface area contributed by atoms with Crippen LogP contribution in [-0.4, -0.2) is 18.2 Å². The first-order chi connectivity index (χ1) is 9.24. The van der Waals surface area contributed by atoms with Gasteiger partial charge in [-0.2, -0.15) is 0 Å². The van der Waals surface area contributed by atoms with Gasteiger partial charge in [-0.25, -0.2) is 0 Å². The smallest absolute Gasteiger partial charge is 0.287 e. The molecule has 1 amide bonds. The molecule has 3 heteroatoms. The highest BCUT2D eigenvalue weighted by Gasteiger charge is 2.12. The second-order valence-corrected chi connectivity index (χ2v) is 4.76. The Morgan fingerprint density at radius 3 is 2.37 bits per heavy atom. The number of benzene rings is 1. The average Bonchev–Trinajstić information content (AvgIpc) is 2.43. The molecule has 0 spiro atoms. The molecule has 1 aromatic carbocycles. The van der Waals surface area contributed by atoms with Crippen molar-refractivity contribution in [2.45, 2.75) is 45.4 Å². The van der Waals surface area contributed by atoms with Crippen LogP contribution in [0.25, 0.3) is 0 Å². The zero-order valence-corrected chi connectivity index (χ0v) is 11.7. The Morgan fingerprint density at radius 2 is 1.68 bits per heavy atom. The van der Waals surface area contributed by atoms with Gasteiger partial charge in [0.15, 0.2) is 0 Å². The number of hydrogen-bond donors (Lipinski definition) is 1. The Hall–Kier alpha value is -1.64. The maximum atomic E-state index is 11.7. The largest absolute Gasteiger partial charge is 0.349 e. The number of carbonyl (C=O) groups is 2. The van der Waals surface area contributed by atoms with Gasteiger partial charge in [0.1, 0.15) is 0 Å². The lowest BCUT2D eigenvalue weighted by Crippen LogP contribution is -2.32. The highest BCUT2D eigenvalue weighted by Crippen LogP contribution is 2.02. The van der Waals surface area contributed by atoms with Crippen molar-refractivity contribution in [2.75, 3.05) is 6.54 Å². The van der Waals surface area contributed by atoms with E-state index >= 15 is 0 Å². The van der Waals surface area contributed by atoms with Crippen LogP contribution in [0.3, 0.4) is 0 Å². The van der Waals surface area contributed by atoms with Crippen molar-refractivity contribution < 1.29 is 9.59 Å². The summed E-state index contributed by atoms with van der Waals surface area (Å²) in [6, 6.07) is 9.35. The number of unbranched alkanes of at least 4 members (excludes halogenated alkanes) is 4. The van der Waals surface area contributed by atoms with Crippen molar-refractivity contribution in [1.29, 1.82) is 0 Å². The van der Waals surface area contributed by atoms with Crippen LogP contribution in [-0.2, 0) is 16.0 Å². The third-order valence-electron chi connectivity index (χ3n) is 3.03. The maximum Gasteiger partial charge on any atom is 0.287 e. The van der Waals surface area contributed by atoms with Crippen molar-refractivity contribution in [3.05, 3.63) is 35.9 Å². The van der Waals surface area contributed by atoms with Gasteiger partial charge in [-0.15, -0.1) is 0 Å². The predicted molar refractivity (Wildman–Crippen MR) is 76.9 cm³/mol. The Bertz CT molecular complexity index is 387. The van der Waals surface area contributed by atoms with Gasteiger partial charge in [0.05, 0.1) is 0 Å². The second kappa shape index (κ2) is 9.31. The van der Waals surface area contributed by atoms with Gasteiger partial charge >= 0.3 is 0 Å². The molecule has 0 aliphatic rings. The van der Waals surface area contributed by atoms with E-state index in [1.807, 2.05) is 30.3 Å². The van der Waals surface area contributed by atoms with Gasteiger partial charge in [0, 0.05) is 13.0 Å². The van der Waals surface area contributed by atoms with Gasteiger partial charge in [0.25, 0.3) is 5.91 Å². The highest BCUT2D eigenvalue weighted by atomic mass is 16.2. The molecular weight excluding hydrogens is 238 g/mol. The quantitative estimate of drug-likeness (QED) is 0.549. The van der Waals surface area contributed by atoms with Gasteiger partial charge < -0.3 is 5.32 Å². The molecule has 1 rings (SSSR count). The van der Waals surface area contributed by atoms with E-state index in [4.69, 9.17) is 0 Å². The van der Waals surface area contributed by atoms with Crippen molar-refractivity contribution >= 4 is 11.7 Å². The highest BCUT2D eigenvalue weighted by molar-refractivity contribution is 6.36. The summed E-state index contributed by atoms with van der Waals surface area (Å²) >= 11 is 0. The first-order valence-corrected chi connectivity index (χ1v) is 7.09. The molecule has 0 radical (unpaired) electrons. The zero-order chi connectivity index (χ0) is 13.9. The normalized spacial score (nSPS) is 10.2. The first-order valence-electron chi connectivity index (χ1n) is 7.09. The standard InChI is InChI=1S/C16H23NO2/c1-2-3-4-5-9-12-17-16(19)15(18)13-14-10-7-6-8-11-14/h6-8,10-11H,2-5,9,12-13H2,1H3,(H,17,19). The summed E-state index contributed by atoms with van der Waals surface area (Å²) < 4.78 is 0. The van der Waals surface area contributed by atoms with Crippen LogP contribution in [0.15, 0.2) is 30.3 Å². The Kier molecular flexibility index (Phi) is 7.56. The Morgan fingerprint density at radius 1 is 1.00 bits per heavy atom. The number of hydrogen-bond acceptors (Lipinski definition) is 2. The topological polar surface area (TPSA) is 46.2 Å². The molecule has 0 aromatic heterocycles. The lowest BCUT2D eigenvalue weighted by molar-refractivity contribution is -0.137. The molecule has 104 valence electrons. The van der Waals surface area contributed by atoms with Crippen molar-refractivity contribution in [3.8, 4) is 0 Å². The van der Waals surface area contributed by atoms with E-state index in [2.05, 4.69) is 12.2 Å². The molecule has 19 heavy (non-hydrogen) atoms. The zero-order valence-electron chi connectivity index (χ0n) is 11.7. The maximum absolute atomic E-state index is 11.7. The van der Waals surface area contributed by atoms with Crippen LogP contribution in [0.2, 0.25) is 0 Å². The van der Waals surface area contributed by atoms with E-state index in [1.54, 1.807) is 0 Å². The number of Topliss-reactive ketones (excluding diaryl/α,β-unsaturated/α-hetero) is 1. The third kappa shape index (κ3) is 6.75. The fourth-order valence-corrected chi connectivity index (χ4v) is 1.89. The molecule has 0 aliphatic carbocycles. The number of amides is 1. The molecule has 0 unspecified atom stereocenters. The molecule has 0 saturated carbocycles. The van der Waals surface area contributed by atoms with Gasteiger partial charge in [-0.3, -0.25) is 9.59 Å². The molecule has 0 fully saturated rings. The monoisotopic (exact) mass is 261 g/mol. The number of carbonyl (C=O) groups excluding carboxylic acids is 2. The van der Waals surface area contributed by atoms with Crippen molar-refractivity contribution in [3.63, 3.8) is 0 Å². The van der Waals surface area contributed by atoms with Crippen LogP contribution < -0.4 is 5.32 Å². The van der Waals surface area contributed by atoms with E-state index < -0.39 is 5.91 Å². The van der Waals surface area contributed by atoms with E-state index in [1.165, 1.54) is 19.3 Å². The van der Waals surface area contributed by atoms with Crippen LogP contribution in [0.4, 0.5) is 0 Å². The van der Waals surface area contributed by atoms with E-state index in [0.717, 1.165) is 18.4 Å². The molecule has 1 aromatic rings. The van der Waals surface area contributed by atoms with E-state index in [9.17, 15) is 9.59 Å². The fourth-order valence-electron chi connectivity index (χ4n) is 1.89. The summed E-state index contributed by atoms with van der Waals surface area (Å²) in [5, 5.41) is 2.69. The summed E-state index contributed by atoms with van der Waals surface area (Å²) in [7, 11) is 0. The number of rotatable bonds is 9. The van der Waals surface area contributed by atoms with Crippen LogP contribution in [0.1, 0.15) is 44.6 Å². The molecule has 1 N–H and O–H groups in total. The third-order valence-corrected chi connectivity index (χ3v) is 3.03. The Labute approximate surface area is 115 Å². The average molecular weight is 261 g/mol. The molecule has 3 nitrogen and oxygen atoms in total. The lowest BCUT2D eigenvalue weighted by atomic mass is 10.1. The van der Waals surface area contributed by atoms with Crippen LogP contribution >= 0.6 is 0 Å². The fraction of sp³-hybridized carbons (Fsp3) is 0.500. The SMILES string of the molecule is CCCCCCCNC(=O)C(=O)Cc1ccccc1. The molecule has 0 saturated heterocycles. The van der Waals surface area contributed by atoms with Crippen molar-refractivity contribution in [1.82, 2.24) is 5.32 Å². The predicted octanol–water partition coefficient (Wildman–Crippen LogP) is 2.88. The number of nitrogens with one attached hydrogen (secondary N) is 1. The summed E-state index contributed by atoms with van der Waals surface area (Å²) in [6.45, 7) is 2.77. The molecule has 0 heterocycles. The first kappa shape index (κ1) is 15.4. The number of ketones is 1. The van der Waals surface area contributed by atoms with Gasteiger partial charge in [0.2, 0.25) is 5.78 Å². The molecular formula is C16H23NO2. The minimum Gasteiger partial charge on any atom is -0.349 e.